The van der Waals surface area contributed by atoms with Crippen molar-refractivity contribution in [3.05, 3.63) is 18.6 Å². The van der Waals surface area contributed by atoms with Crippen LogP contribution in [0.3, 0.4) is 0 Å². The van der Waals surface area contributed by atoms with Gasteiger partial charge in [-0.1, -0.05) is 13.8 Å². The van der Waals surface area contributed by atoms with Gasteiger partial charge < -0.3 is 14.6 Å². The molecule has 0 spiro atoms. The summed E-state index contributed by atoms with van der Waals surface area (Å²) in [6.07, 6.45) is 8.33. The summed E-state index contributed by atoms with van der Waals surface area (Å²) in [6, 6.07) is 0.569. The molecule has 1 fully saturated rings. The summed E-state index contributed by atoms with van der Waals surface area (Å²) in [5, 5.41) is 3.31. The molecule has 2 aromatic rings. The van der Waals surface area contributed by atoms with Crippen LogP contribution in [-0.4, -0.2) is 33.5 Å². The molecule has 0 saturated carbocycles. The van der Waals surface area contributed by atoms with E-state index in [1.165, 1.54) is 12.8 Å². The van der Waals surface area contributed by atoms with Gasteiger partial charge in [0.15, 0.2) is 11.5 Å². The van der Waals surface area contributed by atoms with Crippen LogP contribution in [0.1, 0.15) is 33.6 Å². The van der Waals surface area contributed by atoms with Crippen molar-refractivity contribution in [3.63, 3.8) is 0 Å². The maximum Gasteiger partial charge on any atom is 0.180 e. The van der Waals surface area contributed by atoms with Gasteiger partial charge in [0, 0.05) is 31.5 Å². The van der Waals surface area contributed by atoms with Crippen molar-refractivity contribution < 1.29 is 0 Å². The fourth-order valence-corrected chi connectivity index (χ4v) is 3.12. The Morgan fingerprint density at radius 2 is 2.30 bits per heavy atom. The third kappa shape index (κ3) is 2.21. The number of nitrogens with zero attached hydrogens (tertiary/aromatic N) is 4. The van der Waals surface area contributed by atoms with Crippen LogP contribution in [0.25, 0.3) is 5.65 Å². The highest BCUT2D eigenvalue weighted by atomic mass is 15.3. The second kappa shape index (κ2) is 5.31. The van der Waals surface area contributed by atoms with Gasteiger partial charge in [0.1, 0.15) is 5.82 Å². The average molecular weight is 273 g/mol. The zero-order valence-electron chi connectivity index (χ0n) is 12.5. The summed E-state index contributed by atoms with van der Waals surface area (Å²) in [4.78, 5) is 11.7. The molecule has 0 bridgehead atoms. The van der Waals surface area contributed by atoms with Crippen molar-refractivity contribution in [1.82, 2.24) is 14.4 Å². The van der Waals surface area contributed by atoms with E-state index in [0.29, 0.717) is 12.0 Å². The first-order valence-corrected chi connectivity index (χ1v) is 7.55. The molecule has 2 aromatic heterocycles. The summed E-state index contributed by atoms with van der Waals surface area (Å²) in [6.45, 7) is 8.63. The van der Waals surface area contributed by atoms with E-state index in [0.717, 1.165) is 30.4 Å². The molecule has 3 heterocycles. The van der Waals surface area contributed by atoms with Crippen LogP contribution in [0, 0.1) is 5.92 Å². The van der Waals surface area contributed by atoms with E-state index >= 15 is 0 Å². The van der Waals surface area contributed by atoms with Crippen molar-refractivity contribution in [2.45, 2.75) is 39.7 Å². The summed E-state index contributed by atoms with van der Waals surface area (Å²) >= 11 is 0. The Morgan fingerprint density at radius 3 is 3.05 bits per heavy atom. The molecule has 1 aliphatic heterocycles. The lowest BCUT2D eigenvalue weighted by Gasteiger charge is -2.29. The second-order valence-corrected chi connectivity index (χ2v) is 5.79. The van der Waals surface area contributed by atoms with Crippen molar-refractivity contribution >= 4 is 17.3 Å². The van der Waals surface area contributed by atoms with E-state index in [2.05, 4.69) is 40.4 Å². The summed E-state index contributed by atoms with van der Waals surface area (Å²) in [5.74, 6) is 2.57. The van der Waals surface area contributed by atoms with Crippen molar-refractivity contribution in [3.8, 4) is 0 Å². The number of nitrogens with one attached hydrogen (secondary N) is 1. The van der Waals surface area contributed by atoms with Gasteiger partial charge in [-0.05, 0) is 25.7 Å². The molecule has 0 aliphatic carbocycles. The molecule has 20 heavy (non-hydrogen) atoms. The molecule has 1 N–H and O–H groups in total. The van der Waals surface area contributed by atoms with E-state index in [9.17, 15) is 0 Å². The first kappa shape index (κ1) is 13.2. The van der Waals surface area contributed by atoms with Gasteiger partial charge in [0.05, 0.1) is 6.20 Å². The standard InChI is InChI=1S/C15H23N5/c1-4-16-13-10-19-9-7-17-14(19)15(18-13)20-8-5-6-12(20)11(2)3/h7,9-12,16H,4-6,8H2,1-3H3. The number of anilines is 2. The Labute approximate surface area is 120 Å². The third-order valence-electron chi connectivity index (χ3n) is 4.06. The smallest absolute Gasteiger partial charge is 0.180 e. The van der Waals surface area contributed by atoms with Crippen LogP contribution in [0.4, 0.5) is 11.6 Å². The quantitative estimate of drug-likeness (QED) is 0.930. The lowest BCUT2D eigenvalue weighted by atomic mass is 10.0. The number of hydrogen-bond donors (Lipinski definition) is 1. The first-order valence-electron chi connectivity index (χ1n) is 7.55. The Kier molecular flexibility index (Phi) is 3.51. The van der Waals surface area contributed by atoms with E-state index in [1.54, 1.807) is 0 Å². The first-order chi connectivity index (χ1) is 9.70. The van der Waals surface area contributed by atoms with Crippen LogP contribution in [0.5, 0.6) is 0 Å². The SMILES string of the molecule is CCNc1cn2ccnc2c(N2CCCC2C(C)C)n1. The highest BCUT2D eigenvalue weighted by Crippen LogP contribution is 2.31. The Bertz CT molecular complexity index is 589. The van der Waals surface area contributed by atoms with Crippen LogP contribution in [0.2, 0.25) is 0 Å². The minimum atomic E-state index is 0.569. The van der Waals surface area contributed by atoms with E-state index < -0.39 is 0 Å². The van der Waals surface area contributed by atoms with E-state index in [4.69, 9.17) is 4.98 Å². The second-order valence-electron chi connectivity index (χ2n) is 5.79. The van der Waals surface area contributed by atoms with Gasteiger partial charge in [-0.25, -0.2) is 9.97 Å². The Hall–Kier alpha value is -1.78. The van der Waals surface area contributed by atoms with Crippen LogP contribution >= 0.6 is 0 Å². The van der Waals surface area contributed by atoms with Crippen molar-refractivity contribution in [1.29, 1.82) is 0 Å². The number of rotatable bonds is 4. The zero-order valence-corrected chi connectivity index (χ0v) is 12.5. The topological polar surface area (TPSA) is 45.5 Å². The lowest BCUT2D eigenvalue weighted by Crippen LogP contribution is -2.34. The summed E-state index contributed by atoms with van der Waals surface area (Å²) < 4.78 is 2.07. The predicted molar refractivity (Wildman–Crippen MR) is 82.4 cm³/mol. The molecule has 1 atom stereocenters. The molecule has 1 aliphatic rings. The average Bonchev–Trinajstić information content (AvgIpc) is 3.06. The largest absolute Gasteiger partial charge is 0.369 e. The molecule has 1 unspecified atom stereocenters. The van der Waals surface area contributed by atoms with Crippen molar-refractivity contribution in [2.24, 2.45) is 5.92 Å². The van der Waals surface area contributed by atoms with Gasteiger partial charge >= 0.3 is 0 Å². The van der Waals surface area contributed by atoms with E-state index in [-0.39, 0.29) is 0 Å². The monoisotopic (exact) mass is 273 g/mol. The highest BCUT2D eigenvalue weighted by molar-refractivity contribution is 5.67. The molecule has 1 saturated heterocycles. The molecule has 5 heteroatoms. The number of fused-ring (bicyclic) bond motifs is 1. The molecule has 3 rings (SSSR count). The molecule has 0 amide bonds. The van der Waals surface area contributed by atoms with Gasteiger partial charge in [-0.2, -0.15) is 0 Å². The van der Waals surface area contributed by atoms with Crippen LogP contribution in [-0.2, 0) is 0 Å². The number of imidazole rings is 1. The summed E-state index contributed by atoms with van der Waals surface area (Å²) in [5.41, 5.74) is 0.958. The third-order valence-corrected chi connectivity index (χ3v) is 4.06. The molecular weight excluding hydrogens is 250 g/mol. The Balaban J connectivity index is 2.06. The van der Waals surface area contributed by atoms with Gasteiger partial charge in [0.25, 0.3) is 0 Å². The van der Waals surface area contributed by atoms with Gasteiger partial charge in [0.2, 0.25) is 0 Å². The normalized spacial score (nSPS) is 19.2. The predicted octanol–water partition coefficient (Wildman–Crippen LogP) is 2.79. The molecular formula is C15H23N5. The lowest BCUT2D eigenvalue weighted by molar-refractivity contribution is 0.490. The molecule has 0 radical (unpaired) electrons. The van der Waals surface area contributed by atoms with Gasteiger partial charge in [-0.3, -0.25) is 0 Å². The maximum atomic E-state index is 4.81. The molecule has 0 aromatic carbocycles. The highest BCUT2D eigenvalue weighted by Gasteiger charge is 2.30. The minimum Gasteiger partial charge on any atom is -0.369 e. The molecule has 5 nitrogen and oxygen atoms in total. The maximum absolute atomic E-state index is 4.81. The molecule has 108 valence electrons. The van der Waals surface area contributed by atoms with Gasteiger partial charge in [-0.15, -0.1) is 0 Å². The van der Waals surface area contributed by atoms with Crippen LogP contribution in [0.15, 0.2) is 18.6 Å². The van der Waals surface area contributed by atoms with Crippen molar-refractivity contribution in [2.75, 3.05) is 23.3 Å². The summed E-state index contributed by atoms with van der Waals surface area (Å²) in [7, 11) is 0. The number of aromatic nitrogens is 3. The van der Waals surface area contributed by atoms with E-state index in [1.807, 2.05) is 18.6 Å². The fourth-order valence-electron chi connectivity index (χ4n) is 3.12. The fraction of sp³-hybridized carbons (Fsp3) is 0.600. The Morgan fingerprint density at radius 1 is 1.45 bits per heavy atom. The van der Waals surface area contributed by atoms with Crippen LogP contribution < -0.4 is 10.2 Å². The zero-order chi connectivity index (χ0) is 14.1. The number of hydrogen-bond acceptors (Lipinski definition) is 4. The minimum absolute atomic E-state index is 0.569.